The maximum absolute atomic E-state index is 12.0. The van der Waals surface area contributed by atoms with E-state index >= 15 is 0 Å². The van der Waals surface area contributed by atoms with Gasteiger partial charge in [0.1, 0.15) is 0 Å². The molecule has 0 bridgehead atoms. The van der Waals surface area contributed by atoms with Crippen molar-refractivity contribution in [3.8, 4) is 17.2 Å². The first-order valence-corrected chi connectivity index (χ1v) is 8.83. The number of amides is 1. The molecule has 2 aromatic carbocycles. The van der Waals surface area contributed by atoms with Crippen molar-refractivity contribution in [1.29, 1.82) is 0 Å². The van der Waals surface area contributed by atoms with Crippen LogP contribution < -0.4 is 19.5 Å². The Morgan fingerprint density at radius 2 is 1.64 bits per heavy atom. The Bertz CT molecular complexity index is 815. The topological polar surface area (TPSA) is 66.0 Å². The largest absolute Gasteiger partial charge is 0.493 e. The van der Waals surface area contributed by atoms with Crippen molar-refractivity contribution < 1.29 is 23.7 Å². The summed E-state index contributed by atoms with van der Waals surface area (Å²) in [5, 5.41) is 2.72. The molecule has 2 aromatic rings. The van der Waals surface area contributed by atoms with Gasteiger partial charge in [0.2, 0.25) is 5.75 Å². The molecule has 3 rings (SSSR count). The molecule has 0 saturated carbocycles. The van der Waals surface area contributed by atoms with E-state index in [0.29, 0.717) is 28.5 Å². The first-order chi connectivity index (χ1) is 12.0. The van der Waals surface area contributed by atoms with Crippen LogP contribution in [0.3, 0.4) is 0 Å². The minimum atomic E-state index is -0.619. The number of cyclic esters (lactones) is 1. The fraction of sp³-hybridized carbons (Fsp3) is 0.235. The van der Waals surface area contributed by atoms with Gasteiger partial charge in [0.05, 0.1) is 27.0 Å². The highest BCUT2D eigenvalue weighted by molar-refractivity contribution is 9.11. The van der Waals surface area contributed by atoms with E-state index in [4.69, 9.17) is 18.9 Å². The summed E-state index contributed by atoms with van der Waals surface area (Å²) in [4.78, 5) is 12.0. The standard InChI is InChI=1S/C17H15Br2NO5/c1-22-12-4-8(5-13(23-2)16(12)24-3)15-10-6-9(18)7-11(19)14(10)20-17(21)25-15/h4-7,15H,1-3H3,(H,20,21). The van der Waals surface area contributed by atoms with Gasteiger partial charge in [-0.05, 0) is 40.2 Å². The second-order valence-corrected chi connectivity index (χ2v) is 6.99. The molecule has 1 aliphatic rings. The van der Waals surface area contributed by atoms with Gasteiger partial charge in [-0.15, -0.1) is 0 Å². The summed E-state index contributed by atoms with van der Waals surface area (Å²) >= 11 is 6.94. The van der Waals surface area contributed by atoms with E-state index in [1.165, 1.54) is 21.3 Å². The molecule has 6 nitrogen and oxygen atoms in total. The van der Waals surface area contributed by atoms with Gasteiger partial charge >= 0.3 is 6.09 Å². The maximum Gasteiger partial charge on any atom is 0.412 e. The number of hydrogen-bond donors (Lipinski definition) is 1. The quantitative estimate of drug-likeness (QED) is 0.686. The highest BCUT2D eigenvalue weighted by Gasteiger charge is 2.31. The van der Waals surface area contributed by atoms with E-state index in [1.807, 2.05) is 12.1 Å². The third-order valence-corrected chi connectivity index (χ3v) is 4.89. The number of methoxy groups -OCH3 is 3. The zero-order valence-corrected chi connectivity index (χ0v) is 16.9. The molecule has 0 spiro atoms. The molecule has 25 heavy (non-hydrogen) atoms. The fourth-order valence-corrected chi connectivity index (χ4v) is 4.09. The normalized spacial score (nSPS) is 15.7. The number of carbonyl (C=O) groups excluding carboxylic acids is 1. The highest BCUT2D eigenvalue weighted by Crippen LogP contribution is 2.45. The van der Waals surface area contributed by atoms with Gasteiger partial charge in [0.15, 0.2) is 17.6 Å². The number of rotatable bonds is 4. The Morgan fingerprint density at radius 3 is 2.20 bits per heavy atom. The zero-order valence-electron chi connectivity index (χ0n) is 13.7. The molecule has 1 atom stereocenters. The average Bonchev–Trinajstić information content (AvgIpc) is 2.60. The van der Waals surface area contributed by atoms with Crippen LogP contribution in [0.5, 0.6) is 17.2 Å². The Kier molecular flexibility index (Phi) is 5.10. The summed E-state index contributed by atoms with van der Waals surface area (Å²) in [5.41, 5.74) is 2.17. The molecule has 1 aliphatic heterocycles. The Labute approximate surface area is 161 Å². The minimum absolute atomic E-state index is 0.477. The van der Waals surface area contributed by atoms with Crippen molar-refractivity contribution in [3.05, 3.63) is 44.3 Å². The molecule has 132 valence electrons. The van der Waals surface area contributed by atoms with Crippen LogP contribution in [0.4, 0.5) is 10.5 Å². The molecule has 0 aromatic heterocycles. The molecule has 0 saturated heterocycles. The molecule has 1 N–H and O–H groups in total. The van der Waals surface area contributed by atoms with Crippen LogP contribution in [0.25, 0.3) is 0 Å². The lowest BCUT2D eigenvalue weighted by atomic mass is 9.98. The Morgan fingerprint density at radius 1 is 1.00 bits per heavy atom. The van der Waals surface area contributed by atoms with Crippen molar-refractivity contribution in [2.45, 2.75) is 6.10 Å². The first-order valence-electron chi connectivity index (χ1n) is 7.25. The van der Waals surface area contributed by atoms with E-state index < -0.39 is 12.2 Å². The van der Waals surface area contributed by atoms with Crippen LogP contribution in [0.2, 0.25) is 0 Å². The van der Waals surface area contributed by atoms with Crippen molar-refractivity contribution in [2.24, 2.45) is 0 Å². The number of anilines is 1. The summed E-state index contributed by atoms with van der Waals surface area (Å²) in [6.45, 7) is 0. The van der Waals surface area contributed by atoms with Crippen LogP contribution >= 0.6 is 31.9 Å². The number of fused-ring (bicyclic) bond motifs is 1. The molecule has 0 aliphatic carbocycles. The molecule has 8 heteroatoms. The summed E-state index contributed by atoms with van der Waals surface area (Å²) in [7, 11) is 4.61. The number of hydrogen-bond acceptors (Lipinski definition) is 5. The molecule has 1 unspecified atom stereocenters. The maximum atomic E-state index is 12.0. The van der Waals surface area contributed by atoms with Crippen LogP contribution in [-0.4, -0.2) is 27.4 Å². The van der Waals surface area contributed by atoms with Crippen LogP contribution in [0.1, 0.15) is 17.2 Å². The molecular weight excluding hydrogens is 458 g/mol. The lowest BCUT2D eigenvalue weighted by molar-refractivity contribution is 0.126. The van der Waals surface area contributed by atoms with Gasteiger partial charge < -0.3 is 18.9 Å². The van der Waals surface area contributed by atoms with Gasteiger partial charge in [0.25, 0.3) is 0 Å². The number of carbonyl (C=O) groups is 1. The molecule has 1 amide bonds. The number of nitrogens with one attached hydrogen (secondary N) is 1. The predicted octanol–water partition coefficient (Wildman–Crippen LogP) is 4.89. The summed E-state index contributed by atoms with van der Waals surface area (Å²) in [6, 6.07) is 7.29. The predicted molar refractivity (Wildman–Crippen MR) is 99.9 cm³/mol. The van der Waals surface area contributed by atoms with Crippen LogP contribution in [-0.2, 0) is 4.74 Å². The minimum Gasteiger partial charge on any atom is -0.493 e. The lowest BCUT2D eigenvalue weighted by Gasteiger charge is -2.28. The monoisotopic (exact) mass is 471 g/mol. The molecular formula is C17H15Br2NO5. The SMILES string of the molecule is COc1cc(C2OC(=O)Nc3c(Br)cc(Br)cc32)cc(OC)c1OC. The van der Waals surface area contributed by atoms with E-state index in [0.717, 1.165) is 14.5 Å². The fourth-order valence-electron chi connectivity index (χ4n) is 2.73. The third-order valence-electron chi connectivity index (χ3n) is 3.81. The van der Waals surface area contributed by atoms with Gasteiger partial charge in [0, 0.05) is 20.1 Å². The second-order valence-electron chi connectivity index (χ2n) is 5.22. The second kappa shape index (κ2) is 7.13. The van der Waals surface area contributed by atoms with E-state index in [-0.39, 0.29) is 0 Å². The Balaban J connectivity index is 2.19. The zero-order chi connectivity index (χ0) is 18.1. The summed E-state index contributed by atoms with van der Waals surface area (Å²) in [6.07, 6.45) is -1.15. The third kappa shape index (κ3) is 3.28. The van der Waals surface area contributed by atoms with Crippen molar-refractivity contribution >= 4 is 43.6 Å². The van der Waals surface area contributed by atoms with E-state index in [9.17, 15) is 4.79 Å². The van der Waals surface area contributed by atoms with Crippen LogP contribution in [0.15, 0.2) is 33.2 Å². The van der Waals surface area contributed by atoms with Gasteiger partial charge in [-0.1, -0.05) is 15.9 Å². The van der Waals surface area contributed by atoms with Crippen molar-refractivity contribution in [1.82, 2.24) is 0 Å². The highest BCUT2D eigenvalue weighted by atomic mass is 79.9. The van der Waals surface area contributed by atoms with Crippen LogP contribution in [0, 0.1) is 0 Å². The van der Waals surface area contributed by atoms with Crippen molar-refractivity contribution in [3.63, 3.8) is 0 Å². The number of ether oxygens (including phenoxy) is 4. The van der Waals surface area contributed by atoms with Gasteiger partial charge in [-0.2, -0.15) is 0 Å². The summed E-state index contributed by atoms with van der Waals surface area (Å²) < 4.78 is 23.3. The Hall–Kier alpha value is -1.93. The van der Waals surface area contributed by atoms with E-state index in [2.05, 4.69) is 37.2 Å². The van der Waals surface area contributed by atoms with E-state index in [1.54, 1.807) is 12.1 Å². The average molecular weight is 473 g/mol. The van der Waals surface area contributed by atoms with Gasteiger partial charge in [-0.3, -0.25) is 5.32 Å². The number of benzene rings is 2. The molecule has 0 fully saturated rings. The molecule has 1 heterocycles. The van der Waals surface area contributed by atoms with Gasteiger partial charge in [-0.25, -0.2) is 4.79 Å². The van der Waals surface area contributed by atoms with Crippen molar-refractivity contribution in [2.75, 3.05) is 26.6 Å². The lowest BCUT2D eigenvalue weighted by Crippen LogP contribution is -2.25. The first kappa shape index (κ1) is 17.9. The smallest absolute Gasteiger partial charge is 0.412 e. The molecule has 0 radical (unpaired) electrons. The summed E-state index contributed by atoms with van der Waals surface area (Å²) in [5.74, 6) is 1.45. The number of halogens is 2.